The van der Waals surface area contributed by atoms with Crippen LogP contribution >= 0.6 is 11.3 Å². The predicted molar refractivity (Wildman–Crippen MR) is 134 cm³/mol. The molecule has 33 heavy (non-hydrogen) atoms. The van der Waals surface area contributed by atoms with Gasteiger partial charge in [-0.05, 0) is 31.5 Å². The summed E-state index contributed by atoms with van der Waals surface area (Å²) in [7, 11) is 1.93. The van der Waals surface area contributed by atoms with E-state index in [9.17, 15) is 8.78 Å². The Hall–Kier alpha value is -3.58. The average Bonchev–Trinajstić information content (AvgIpc) is 3.39. The van der Waals surface area contributed by atoms with Gasteiger partial charge in [-0.1, -0.05) is 55.1 Å². The number of halogens is 2. The van der Waals surface area contributed by atoms with E-state index in [4.69, 9.17) is 9.97 Å². The standard InChI is InChI=1S/C26H24F2N4S/c1-5-7-17(8-6-2)22-15-33-26(31-22)30-20-14-21-23(13-16(20)3)32(4)25(29-21)19-11-9-18(10-12-19)24(27)28/h5-15,24H,1H2,2-4H3,(H,30,31)/b8-6-,17-7+. The van der Waals surface area contributed by atoms with E-state index in [1.807, 2.05) is 55.1 Å². The maximum Gasteiger partial charge on any atom is 0.263 e. The summed E-state index contributed by atoms with van der Waals surface area (Å²) < 4.78 is 27.8. The molecule has 4 nitrogen and oxygen atoms in total. The Morgan fingerprint density at radius 1 is 1.18 bits per heavy atom. The largest absolute Gasteiger partial charge is 0.331 e. The van der Waals surface area contributed by atoms with E-state index in [0.717, 1.165) is 50.1 Å². The number of nitrogens with one attached hydrogen (secondary N) is 1. The van der Waals surface area contributed by atoms with Gasteiger partial charge in [-0.3, -0.25) is 0 Å². The lowest BCUT2D eigenvalue weighted by Gasteiger charge is -2.08. The molecule has 0 aliphatic rings. The quantitative estimate of drug-likeness (QED) is 0.285. The van der Waals surface area contributed by atoms with Crippen LogP contribution < -0.4 is 5.32 Å². The minimum Gasteiger partial charge on any atom is -0.331 e. The Morgan fingerprint density at radius 2 is 1.94 bits per heavy atom. The Morgan fingerprint density at radius 3 is 2.61 bits per heavy atom. The second-order valence-corrected chi connectivity index (χ2v) is 8.45. The van der Waals surface area contributed by atoms with E-state index in [-0.39, 0.29) is 5.56 Å². The third-order valence-electron chi connectivity index (χ3n) is 5.33. The van der Waals surface area contributed by atoms with Crippen molar-refractivity contribution >= 4 is 38.8 Å². The van der Waals surface area contributed by atoms with E-state index in [1.165, 1.54) is 23.5 Å². The number of nitrogens with zero attached hydrogens (tertiary/aromatic N) is 3. The molecule has 0 unspecified atom stereocenters. The predicted octanol–water partition coefficient (Wildman–Crippen LogP) is 7.83. The Labute approximate surface area is 195 Å². The van der Waals surface area contributed by atoms with Gasteiger partial charge in [-0.15, -0.1) is 11.3 Å². The summed E-state index contributed by atoms with van der Waals surface area (Å²) in [5.74, 6) is 0.726. The number of hydrogen-bond donors (Lipinski definition) is 1. The van der Waals surface area contributed by atoms with Gasteiger partial charge < -0.3 is 9.88 Å². The van der Waals surface area contributed by atoms with Crippen LogP contribution in [0.4, 0.5) is 19.6 Å². The number of imidazole rings is 1. The van der Waals surface area contributed by atoms with Crippen molar-refractivity contribution in [3.63, 3.8) is 0 Å². The first-order chi connectivity index (χ1) is 15.9. The van der Waals surface area contributed by atoms with Gasteiger partial charge in [-0.2, -0.15) is 0 Å². The van der Waals surface area contributed by atoms with Gasteiger partial charge in [-0.25, -0.2) is 18.7 Å². The van der Waals surface area contributed by atoms with Crippen LogP contribution in [0.25, 0.3) is 28.0 Å². The van der Waals surface area contributed by atoms with Crippen molar-refractivity contribution in [2.45, 2.75) is 20.3 Å². The normalized spacial score (nSPS) is 12.2. The maximum atomic E-state index is 12.9. The number of anilines is 2. The molecule has 7 heteroatoms. The number of aromatic nitrogens is 3. The van der Waals surface area contributed by atoms with Gasteiger partial charge >= 0.3 is 0 Å². The molecule has 0 spiro atoms. The number of fused-ring (bicyclic) bond motifs is 1. The van der Waals surface area contributed by atoms with E-state index in [1.54, 1.807) is 18.2 Å². The Bertz CT molecular complexity index is 1360. The first kappa shape index (κ1) is 22.6. The van der Waals surface area contributed by atoms with Gasteiger partial charge in [0.1, 0.15) is 5.82 Å². The molecule has 0 fully saturated rings. The van der Waals surface area contributed by atoms with Gasteiger partial charge in [0.05, 0.1) is 16.7 Å². The number of benzene rings is 2. The van der Waals surface area contributed by atoms with Crippen molar-refractivity contribution in [1.29, 1.82) is 0 Å². The lowest BCUT2D eigenvalue weighted by atomic mass is 10.1. The first-order valence-corrected chi connectivity index (χ1v) is 11.3. The van der Waals surface area contributed by atoms with Crippen molar-refractivity contribution in [2.75, 3.05) is 5.32 Å². The summed E-state index contributed by atoms with van der Waals surface area (Å²) >= 11 is 1.53. The molecule has 0 saturated carbocycles. The highest BCUT2D eigenvalue weighted by Crippen LogP contribution is 2.32. The average molecular weight is 463 g/mol. The summed E-state index contributed by atoms with van der Waals surface area (Å²) in [5.41, 5.74) is 6.43. The van der Waals surface area contributed by atoms with Crippen molar-refractivity contribution in [3.8, 4) is 11.4 Å². The van der Waals surface area contributed by atoms with Crippen LogP contribution in [-0.4, -0.2) is 14.5 Å². The van der Waals surface area contributed by atoms with Crippen molar-refractivity contribution in [3.05, 3.63) is 89.5 Å². The molecule has 2 heterocycles. The Balaban J connectivity index is 1.66. The molecular weight excluding hydrogens is 438 g/mol. The van der Waals surface area contributed by atoms with Gasteiger partial charge in [0.2, 0.25) is 0 Å². The summed E-state index contributed by atoms with van der Waals surface area (Å²) in [5, 5.41) is 6.20. The van der Waals surface area contributed by atoms with Crippen LogP contribution in [0.5, 0.6) is 0 Å². The summed E-state index contributed by atoms with van der Waals surface area (Å²) in [6, 6.07) is 10.3. The number of allylic oxidation sites excluding steroid dienone is 5. The SMILES string of the molecule is C=C/C=C(\C=C/C)c1csc(Nc2cc3nc(-c4ccc(C(F)F)cc4)n(C)c3cc2C)n1. The summed E-state index contributed by atoms with van der Waals surface area (Å²) in [4.78, 5) is 9.48. The number of rotatable bonds is 7. The smallest absolute Gasteiger partial charge is 0.263 e. The molecule has 2 aromatic heterocycles. The van der Waals surface area contributed by atoms with Crippen LogP contribution in [0.15, 0.2) is 72.7 Å². The van der Waals surface area contributed by atoms with Crippen LogP contribution in [0.3, 0.4) is 0 Å². The molecule has 0 amide bonds. The minimum atomic E-state index is -2.48. The van der Waals surface area contributed by atoms with Crippen molar-refractivity contribution in [1.82, 2.24) is 14.5 Å². The second-order valence-electron chi connectivity index (χ2n) is 7.59. The highest BCUT2D eigenvalue weighted by molar-refractivity contribution is 7.13. The molecule has 0 radical (unpaired) electrons. The highest BCUT2D eigenvalue weighted by atomic mass is 32.1. The highest BCUT2D eigenvalue weighted by Gasteiger charge is 2.14. The van der Waals surface area contributed by atoms with Gasteiger partial charge in [0.15, 0.2) is 5.13 Å². The monoisotopic (exact) mass is 462 g/mol. The summed E-state index contributed by atoms with van der Waals surface area (Å²) in [6.45, 7) is 7.77. The molecule has 1 N–H and O–H groups in total. The Kier molecular flexibility index (Phi) is 6.51. The second kappa shape index (κ2) is 9.50. The molecule has 0 aliphatic carbocycles. The fraction of sp³-hybridized carbons (Fsp3) is 0.154. The lowest BCUT2D eigenvalue weighted by molar-refractivity contribution is 0.151. The first-order valence-electron chi connectivity index (χ1n) is 10.4. The third kappa shape index (κ3) is 4.64. The minimum absolute atomic E-state index is 0.00295. The molecule has 4 aromatic rings. The van der Waals surface area contributed by atoms with E-state index in [0.29, 0.717) is 0 Å². The molecule has 0 saturated heterocycles. The van der Waals surface area contributed by atoms with Crippen molar-refractivity contribution in [2.24, 2.45) is 7.05 Å². The number of alkyl halides is 2. The van der Waals surface area contributed by atoms with E-state index >= 15 is 0 Å². The molecule has 0 bridgehead atoms. The zero-order chi connectivity index (χ0) is 23.5. The molecular formula is C26H24F2N4S. The molecule has 2 aromatic carbocycles. The lowest BCUT2D eigenvalue weighted by Crippen LogP contribution is -1.95. The number of aryl methyl sites for hydroxylation is 2. The third-order valence-corrected chi connectivity index (χ3v) is 6.09. The maximum absolute atomic E-state index is 12.9. The van der Waals surface area contributed by atoms with Crippen LogP contribution in [0.1, 0.15) is 30.2 Å². The number of thiazole rings is 1. The fourth-order valence-electron chi connectivity index (χ4n) is 3.62. The van der Waals surface area contributed by atoms with E-state index < -0.39 is 6.43 Å². The van der Waals surface area contributed by atoms with Gasteiger partial charge in [0.25, 0.3) is 6.43 Å². The molecule has 4 rings (SSSR count). The van der Waals surface area contributed by atoms with Crippen LogP contribution in [0.2, 0.25) is 0 Å². The van der Waals surface area contributed by atoms with Crippen LogP contribution in [0, 0.1) is 6.92 Å². The zero-order valence-electron chi connectivity index (χ0n) is 18.6. The zero-order valence-corrected chi connectivity index (χ0v) is 19.5. The van der Waals surface area contributed by atoms with Gasteiger partial charge in [0, 0.05) is 34.8 Å². The molecule has 0 aliphatic heterocycles. The summed E-state index contributed by atoms with van der Waals surface area (Å²) in [6.07, 6.45) is 5.17. The van der Waals surface area contributed by atoms with Crippen LogP contribution in [-0.2, 0) is 7.05 Å². The van der Waals surface area contributed by atoms with Crippen molar-refractivity contribution < 1.29 is 8.78 Å². The fourth-order valence-corrected chi connectivity index (χ4v) is 4.36. The molecule has 0 atom stereocenters. The topological polar surface area (TPSA) is 42.7 Å². The van der Waals surface area contributed by atoms with E-state index in [2.05, 4.69) is 18.0 Å². The molecule has 168 valence electrons. The number of hydrogen-bond acceptors (Lipinski definition) is 4.